The predicted octanol–water partition coefficient (Wildman–Crippen LogP) is 3.35. The summed E-state index contributed by atoms with van der Waals surface area (Å²) in [7, 11) is 1.23. The molecule has 3 amide bonds. The van der Waals surface area contributed by atoms with E-state index in [2.05, 4.69) is 53.2 Å². The molecule has 14 heteroatoms. The molecule has 5 rings (SSSR count). The first-order chi connectivity index (χ1) is 20.4. The summed E-state index contributed by atoms with van der Waals surface area (Å²) in [4.78, 5) is 38.1. The number of nitrogens with one attached hydrogen (secondary N) is 3. The highest BCUT2D eigenvalue weighted by Crippen LogP contribution is 2.29. The molecule has 2 aromatic heterocycles. The van der Waals surface area contributed by atoms with Gasteiger partial charge >= 0.3 is 6.09 Å². The van der Waals surface area contributed by atoms with Crippen LogP contribution in [0.2, 0.25) is 5.02 Å². The van der Waals surface area contributed by atoms with Gasteiger partial charge in [-0.2, -0.15) is 4.68 Å². The van der Waals surface area contributed by atoms with E-state index in [0.717, 1.165) is 5.56 Å². The Bertz CT molecular complexity index is 1810. The van der Waals surface area contributed by atoms with Gasteiger partial charge in [-0.15, -0.1) is 5.10 Å². The molecule has 0 spiro atoms. The second kappa shape index (κ2) is 12.6. The van der Waals surface area contributed by atoms with Gasteiger partial charge in [-0.1, -0.05) is 59.1 Å². The fraction of sp³-hybridized carbons (Fsp3) is 0.107. The summed E-state index contributed by atoms with van der Waals surface area (Å²) in [6.07, 6.45) is 0.855. The zero-order chi connectivity index (χ0) is 29.5. The van der Waals surface area contributed by atoms with E-state index in [1.807, 2.05) is 30.3 Å². The van der Waals surface area contributed by atoms with Gasteiger partial charge in [0.15, 0.2) is 11.4 Å². The number of amides is 3. The first kappa shape index (κ1) is 27.8. The minimum absolute atomic E-state index is 0.104. The SMILES string of the molecule is COC(=O)Nc1cccc2c(NC(=O)[C@H](Cc3ccccc3)NC(=O)C#Cc3cc(Cl)ccc3-n3cnnn3)noc12. The maximum atomic E-state index is 13.4. The lowest BCUT2D eigenvalue weighted by Gasteiger charge is -2.16. The number of para-hydroxylation sites is 1. The van der Waals surface area contributed by atoms with Crippen molar-refractivity contribution in [2.45, 2.75) is 12.5 Å². The van der Waals surface area contributed by atoms with Crippen molar-refractivity contribution in [2.24, 2.45) is 0 Å². The number of tetrazole rings is 1. The highest BCUT2D eigenvalue weighted by Gasteiger charge is 2.24. The quantitative estimate of drug-likeness (QED) is 0.243. The van der Waals surface area contributed by atoms with Crippen LogP contribution in [0, 0.1) is 11.8 Å². The van der Waals surface area contributed by atoms with E-state index < -0.39 is 23.9 Å². The molecule has 0 saturated carbocycles. The normalized spacial score (nSPS) is 11.2. The van der Waals surface area contributed by atoms with Crippen molar-refractivity contribution in [2.75, 3.05) is 17.7 Å². The smallest absolute Gasteiger partial charge is 0.411 e. The molecule has 2 heterocycles. The Morgan fingerprint density at radius 1 is 1.07 bits per heavy atom. The van der Waals surface area contributed by atoms with E-state index in [4.69, 9.17) is 16.1 Å². The van der Waals surface area contributed by atoms with Crippen LogP contribution in [0.3, 0.4) is 0 Å². The van der Waals surface area contributed by atoms with Gasteiger partial charge in [0.05, 0.1) is 29.4 Å². The van der Waals surface area contributed by atoms with Crippen molar-refractivity contribution < 1.29 is 23.6 Å². The minimum atomic E-state index is -1.03. The van der Waals surface area contributed by atoms with Gasteiger partial charge in [0.1, 0.15) is 12.4 Å². The lowest BCUT2D eigenvalue weighted by Crippen LogP contribution is -2.45. The van der Waals surface area contributed by atoms with Gasteiger partial charge in [0, 0.05) is 17.4 Å². The molecule has 210 valence electrons. The van der Waals surface area contributed by atoms with Gasteiger partial charge < -0.3 is 19.9 Å². The van der Waals surface area contributed by atoms with Crippen molar-refractivity contribution in [3.63, 3.8) is 0 Å². The minimum Gasteiger partial charge on any atom is -0.453 e. The predicted molar refractivity (Wildman–Crippen MR) is 152 cm³/mol. The fourth-order valence-electron chi connectivity index (χ4n) is 3.97. The van der Waals surface area contributed by atoms with E-state index in [1.54, 1.807) is 36.4 Å². The van der Waals surface area contributed by atoms with Crippen LogP contribution in [0.5, 0.6) is 0 Å². The van der Waals surface area contributed by atoms with Crippen LogP contribution in [-0.4, -0.2) is 56.4 Å². The van der Waals surface area contributed by atoms with Crippen molar-refractivity contribution in [1.82, 2.24) is 30.7 Å². The van der Waals surface area contributed by atoms with Gasteiger partial charge in [-0.05, 0) is 46.3 Å². The summed E-state index contributed by atoms with van der Waals surface area (Å²) in [6, 6.07) is 17.9. The lowest BCUT2D eigenvalue weighted by atomic mass is 10.0. The molecule has 0 saturated heterocycles. The average molecular weight is 585 g/mol. The average Bonchev–Trinajstić information content (AvgIpc) is 3.68. The molecule has 0 bridgehead atoms. The third kappa shape index (κ3) is 6.52. The molecule has 42 heavy (non-hydrogen) atoms. The zero-order valence-electron chi connectivity index (χ0n) is 21.9. The second-order valence-electron chi connectivity index (χ2n) is 8.70. The van der Waals surface area contributed by atoms with Crippen LogP contribution >= 0.6 is 11.6 Å². The molecule has 0 aliphatic rings. The third-order valence-corrected chi connectivity index (χ3v) is 6.17. The highest BCUT2D eigenvalue weighted by atomic mass is 35.5. The molecule has 5 aromatic rings. The first-order valence-corrected chi connectivity index (χ1v) is 12.7. The molecular formula is C28H21ClN8O5. The zero-order valence-corrected chi connectivity index (χ0v) is 22.6. The molecule has 0 aliphatic heterocycles. The number of rotatable bonds is 7. The summed E-state index contributed by atoms with van der Waals surface area (Å²) < 4.78 is 11.4. The number of hydrogen-bond donors (Lipinski definition) is 3. The lowest BCUT2D eigenvalue weighted by molar-refractivity contribution is -0.123. The van der Waals surface area contributed by atoms with E-state index >= 15 is 0 Å². The first-order valence-electron chi connectivity index (χ1n) is 12.3. The van der Waals surface area contributed by atoms with Crippen molar-refractivity contribution >= 4 is 52.0 Å². The molecule has 0 unspecified atom stereocenters. The number of ether oxygens (including phenoxy) is 1. The number of aromatic nitrogens is 5. The van der Waals surface area contributed by atoms with Crippen molar-refractivity contribution in [3.05, 3.63) is 89.2 Å². The van der Waals surface area contributed by atoms with Crippen LogP contribution in [0.15, 0.2) is 77.6 Å². The Hall–Kier alpha value is -5.74. The number of methoxy groups -OCH3 is 1. The molecule has 3 aromatic carbocycles. The molecular weight excluding hydrogens is 564 g/mol. The number of benzene rings is 3. The van der Waals surface area contributed by atoms with E-state index in [-0.39, 0.29) is 17.8 Å². The summed E-state index contributed by atoms with van der Waals surface area (Å²) in [6.45, 7) is 0. The Kier molecular flexibility index (Phi) is 8.36. The van der Waals surface area contributed by atoms with Crippen LogP contribution < -0.4 is 16.0 Å². The Morgan fingerprint density at radius 2 is 1.90 bits per heavy atom. The number of anilines is 2. The topological polar surface area (TPSA) is 166 Å². The number of carbonyl (C=O) groups excluding carboxylic acids is 3. The Morgan fingerprint density at radius 3 is 2.67 bits per heavy atom. The summed E-state index contributed by atoms with van der Waals surface area (Å²) in [5.41, 5.74) is 2.25. The number of fused-ring (bicyclic) bond motifs is 1. The number of hydrogen-bond acceptors (Lipinski definition) is 9. The number of carbonyl (C=O) groups is 3. The molecule has 0 aliphatic carbocycles. The molecule has 0 radical (unpaired) electrons. The van der Waals surface area contributed by atoms with Gasteiger partial charge in [-0.3, -0.25) is 14.9 Å². The van der Waals surface area contributed by atoms with E-state index in [9.17, 15) is 14.4 Å². The number of nitrogens with zero attached hydrogens (tertiary/aromatic N) is 5. The van der Waals surface area contributed by atoms with E-state index in [0.29, 0.717) is 27.3 Å². The Balaban J connectivity index is 1.38. The second-order valence-corrected chi connectivity index (χ2v) is 9.14. The monoisotopic (exact) mass is 584 g/mol. The van der Waals surface area contributed by atoms with Gasteiger partial charge in [-0.25, -0.2) is 4.79 Å². The highest BCUT2D eigenvalue weighted by molar-refractivity contribution is 6.30. The van der Waals surface area contributed by atoms with Crippen molar-refractivity contribution in [3.8, 4) is 17.5 Å². The molecule has 0 fully saturated rings. The summed E-state index contributed by atoms with van der Waals surface area (Å²) >= 11 is 6.14. The maximum Gasteiger partial charge on any atom is 0.411 e. The van der Waals surface area contributed by atoms with Gasteiger partial charge in [0.25, 0.3) is 5.91 Å². The van der Waals surface area contributed by atoms with Crippen LogP contribution in [0.25, 0.3) is 16.7 Å². The largest absolute Gasteiger partial charge is 0.453 e. The summed E-state index contributed by atoms with van der Waals surface area (Å²) in [5, 5.41) is 23.8. The molecule has 13 nitrogen and oxygen atoms in total. The Labute approximate surface area is 243 Å². The number of halogens is 1. The fourth-order valence-corrected chi connectivity index (χ4v) is 4.15. The maximum absolute atomic E-state index is 13.4. The van der Waals surface area contributed by atoms with Crippen LogP contribution in [-0.2, 0) is 20.7 Å². The molecule has 3 N–H and O–H groups in total. The van der Waals surface area contributed by atoms with Crippen molar-refractivity contribution in [1.29, 1.82) is 0 Å². The van der Waals surface area contributed by atoms with Crippen LogP contribution in [0.4, 0.5) is 16.3 Å². The standard InChI is InChI=1S/C28H21ClN8O5/c1-41-28(40)32-21-9-5-8-20-25(21)42-34-26(20)33-27(39)22(14-17-6-3-2-4-7-17)31-24(38)13-10-18-15-19(29)11-12-23(18)37-16-30-35-36-37/h2-9,11-12,15-16,22H,14H2,1H3,(H,31,38)(H,32,40)(H,33,34,39)/t22-/m0/s1. The van der Waals surface area contributed by atoms with Crippen LogP contribution in [0.1, 0.15) is 11.1 Å². The van der Waals surface area contributed by atoms with Gasteiger partial charge in [0.2, 0.25) is 5.91 Å². The summed E-state index contributed by atoms with van der Waals surface area (Å²) in [5.74, 6) is 4.13. The third-order valence-electron chi connectivity index (χ3n) is 5.93. The van der Waals surface area contributed by atoms with E-state index in [1.165, 1.54) is 18.1 Å². The molecule has 1 atom stereocenters.